The summed E-state index contributed by atoms with van der Waals surface area (Å²) in [4.78, 5) is 31.1. The molecule has 0 fully saturated rings. The van der Waals surface area contributed by atoms with E-state index in [0.717, 1.165) is 11.1 Å². The summed E-state index contributed by atoms with van der Waals surface area (Å²) in [6, 6.07) is 32.4. The molecule has 1 heterocycles. The second kappa shape index (κ2) is 17.0. The number of rotatable bonds is 4. The molecule has 1 aromatic heterocycles. The first kappa shape index (κ1) is 42.8. The molecule has 4 N–H and O–H groups in total. The summed E-state index contributed by atoms with van der Waals surface area (Å²) in [6.07, 6.45) is 0. The Morgan fingerprint density at radius 2 is 0.741 bits per heavy atom. The van der Waals surface area contributed by atoms with Gasteiger partial charge in [-0.1, -0.05) is 137 Å². The lowest BCUT2D eigenvalue weighted by molar-refractivity contribution is 0.261. The average molecular weight is 772 g/mol. The van der Waals surface area contributed by atoms with Crippen molar-refractivity contribution in [3.63, 3.8) is 0 Å². The van der Waals surface area contributed by atoms with E-state index in [9.17, 15) is 9.59 Å². The van der Waals surface area contributed by atoms with Crippen LogP contribution in [0.5, 0.6) is 0 Å². The zero-order valence-electron chi connectivity index (χ0n) is 36.1. The fraction of sp³-hybridized carbons (Fsp3) is 0.314. The number of nitrogens with one attached hydrogen (secondary N) is 4. The van der Waals surface area contributed by atoms with E-state index in [4.69, 9.17) is 4.98 Å². The maximum absolute atomic E-state index is 13.2. The van der Waals surface area contributed by atoms with Crippen molar-refractivity contribution in [3.8, 4) is 23.7 Å². The highest BCUT2D eigenvalue weighted by Crippen LogP contribution is 2.29. The average Bonchev–Trinajstić information content (AvgIpc) is 3.13. The molecule has 0 aliphatic carbocycles. The van der Waals surface area contributed by atoms with Crippen LogP contribution in [0, 0.1) is 23.7 Å². The number of carbonyl (C=O) groups excluding carboxylic acids is 2. The number of hydrogen-bond acceptors (Lipinski definition) is 3. The molecule has 0 spiro atoms. The molecule has 0 saturated heterocycles. The molecule has 0 aliphatic heterocycles. The topological polar surface area (TPSA) is 95.2 Å². The predicted octanol–water partition coefficient (Wildman–Crippen LogP) is 12.4. The van der Waals surface area contributed by atoms with Gasteiger partial charge in [0.1, 0.15) is 11.4 Å². The molecule has 5 rings (SSSR count). The minimum Gasteiger partial charge on any atom is -0.308 e. The quantitative estimate of drug-likeness (QED) is 0.137. The number of benzene rings is 4. The predicted molar refractivity (Wildman–Crippen MR) is 242 cm³/mol. The first-order valence-corrected chi connectivity index (χ1v) is 19.7. The number of amides is 4. The van der Waals surface area contributed by atoms with Gasteiger partial charge in [0.15, 0.2) is 0 Å². The minimum absolute atomic E-state index is 0.0169. The Morgan fingerprint density at radius 1 is 0.414 bits per heavy atom. The van der Waals surface area contributed by atoms with Crippen molar-refractivity contribution < 1.29 is 9.59 Å². The normalized spacial score (nSPS) is 11.7. The Bertz CT molecular complexity index is 2240. The van der Waals surface area contributed by atoms with Crippen molar-refractivity contribution in [2.45, 2.75) is 105 Å². The van der Waals surface area contributed by atoms with E-state index >= 15 is 0 Å². The van der Waals surface area contributed by atoms with Gasteiger partial charge in [-0.25, -0.2) is 14.6 Å². The molecule has 0 bridgehead atoms. The lowest BCUT2D eigenvalue weighted by Gasteiger charge is -2.20. The van der Waals surface area contributed by atoms with Crippen LogP contribution in [0.15, 0.2) is 103 Å². The molecule has 5 aromatic rings. The molecule has 0 saturated carbocycles. The van der Waals surface area contributed by atoms with Gasteiger partial charge in [0.2, 0.25) is 0 Å². The number of carbonyl (C=O) groups is 2. The van der Waals surface area contributed by atoms with Gasteiger partial charge >= 0.3 is 12.1 Å². The van der Waals surface area contributed by atoms with Gasteiger partial charge in [-0.15, -0.1) is 0 Å². The highest BCUT2D eigenvalue weighted by Gasteiger charge is 2.19. The van der Waals surface area contributed by atoms with Gasteiger partial charge < -0.3 is 21.3 Å². The second-order valence-corrected chi connectivity index (χ2v) is 18.7. The lowest BCUT2D eigenvalue weighted by Crippen LogP contribution is -2.21. The fourth-order valence-corrected chi connectivity index (χ4v) is 5.96. The van der Waals surface area contributed by atoms with Crippen LogP contribution in [-0.4, -0.2) is 17.0 Å². The third-order valence-electron chi connectivity index (χ3n) is 9.68. The summed E-state index contributed by atoms with van der Waals surface area (Å²) in [6.45, 7) is 25.8. The second-order valence-electron chi connectivity index (χ2n) is 18.7. The summed E-state index contributed by atoms with van der Waals surface area (Å²) in [5.41, 5.74) is 9.29. The highest BCUT2D eigenvalue weighted by atomic mass is 16.2. The third-order valence-corrected chi connectivity index (χ3v) is 9.68. The van der Waals surface area contributed by atoms with Crippen LogP contribution in [0.2, 0.25) is 0 Å². The molecule has 0 radical (unpaired) electrons. The molecule has 0 unspecified atom stereocenters. The summed E-state index contributed by atoms with van der Waals surface area (Å²) >= 11 is 0. The Kier molecular flexibility index (Phi) is 12.6. The molecule has 7 heteroatoms. The number of pyridine rings is 1. The molecular formula is C51H57N5O2. The first-order chi connectivity index (χ1) is 27.0. The zero-order valence-corrected chi connectivity index (χ0v) is 36.1. The largest absolute Gasteiger partial charge is 0.323 e. The van der Waals surface area contributed by atoms with Crippen LogP contribution in [0.3, 0.4) is 0 Å². The van der Waals surface area contributed by atoms with Crippen molar-refractivity contribution in [1.82, 2.24) is 4.98 Å². The van der Waals surface area contributed by atoms with Gasteiger partial charge in [-0.3, -0.25) is 0 Å². The van der Waals surface area contributed by atoms with Gasteiger partial charge in [-0.05, 0) is 116 Å². The summed E-state index contributed by atoms with van der Waals surface area (Å²) in [5.74, 6) is 12.9. The van der Waals surface area contributed by atoms with Crippen LogP contribution in [0.1, 0.15) is 128 Å². The molecule has 4 amide bonds. The Hall–Kier alpha value is -6.31. The Morgan fingerprint density at radius 3 is 1.07 bits per heavy atom. The van der Waals surface area contributed by atoms with Gasteiger partial charge in [0.25, 0.3) is 0 Å². The first-order valence-electron chi connectivity index (χ1n) is 19.7. The van der Waals surface area contributed by atoms with E-state index < -0.39 is 0 Å². The van der Waals surface area contributed by atoms with Gasteiger partial charge in [0.05, 0.1) is 11.4 Å². The molecule has 0 atom stereocenters. The van der Waals surface area contributed by atoms with E-state index in [1.807, 2.05) is 103 Å². The van der Waals surface area contributed by atoms with Crippen molar-refractivity contribution in [2.24, 2.45) is 0 Å². The van der Waals surface area contributed by atoms with E-state index in [1.165, 1.54) is 11.1 Å². The smallest absolute Gasteiger partial charge is 0.308 e. The number of hydrogen-bond donors (Lipinski definition) is 4. The van der Waals surface area contributed by atoms with Crippen molar-refractivity contribution in [2.75, 3.05) is 21.3 Å². The highest BCUT2D eigenvalue weighted by molar-refractivity contribution is 6.01. The van der Waals surface area contributed by atoms with Crippen LogP contribution in [0.25, 0.3) is 0 Å². The zero-order chi connectivity index (χ0) is 42.5. The Labute approximate surface area is 345 Å². The molecule has 0 aliphatic rings. The lowest BCUT2D eigenvalue weighted by atomic mass is 9.86. The molecule has 7 nitrogen and oxygen atoms in total. The van der Waals surface area contributed by atoms with E-state index in [1.54, 1.807) is 0 Å². The molecule has 58 heavy (non-hydrogen) atoms. The number of urea groups is 2. The molecule has 298 valence electrons. The minimum atomic E-state index is -0.359. The van der Waals surface area contributed by atoms with Gasteiger partial charge in [0, 0.05) is 22.5 Å². The van der Waals surface area contributed by atoms with Crippen LogP contribution in [-0.2, 0) is 21.7 Å². The van der Waals surface area contributed by atoms with Crippen molar-refractivity contribution in [3.05, 3.63) is 148 Å². The fourth-order valence-electron chi connectivity index (χ4n) is 5.96. The maximum atomic E-state index is 13.2. The SMILES string of the molecule is CC(C)(C)c1ccc(NC(=O)Nc2ccc(C(C)(C)C)cc2C#Cc2cccc(C#Cc3cc(C(C)(C)C)ccc3NC(=O)Nc3ccc(C(C)(C)C)cc3)n2)cc1. The molecule has 4 aromatic carbocycles. The summed E-state index contributed by atoms with van der Waals surface area (Å²) < 4.78 is 0. The summed E-state index contributed by atoms with van der Waals surface area (Å²) in [5, 5.41) is 11.9. The summed E-state index contributed by atoms with van der Waals surface area (Å²) in [7, 11) is 0. The Balaban J connectivity index is 1.39. The number of nitrogens with zero attached hydrogens (tertiary/aromatic N) is 1. The van der Waals surface area contributed by atoms with Crippen LogP contribution < -0.4 is 21.3 Å². The van der Waals surface area contributed by atoms with Crippen LogP contribution >= 0.6 is 0 Å². The third kappa shape index (κ3) is 11.9. The maximum Gasteiger partial charge on any atom is 0.323 e. The van der Waals surface area contributed by atoms with E-state index in [-0.39, 0.29) is 33.7 Å². The van der Waals surface area contributed by atoms with Crippen LogP contribution in [0.4, 0.5) is 32.3 Å². The standard InChI is InChI=1S/C51H57N5O2/c1-48(2,3)36-18-26-42(27-19-36)53-46(57)55-44-30-22-38(50(7,8)9)32-34(44)16-24-40-14-13-15-41(52-40)25-17-35-33-39(51(10,11)12)23-31-45(35)56-47(58)54-43-28-20-37(21-29-43)49(4,5)6/h13-15,18-23,26-33H,1-12H3,(H2,53,55,57)(H2,54,56,58). The van der Waals surface area contributed by atoms with Crippen molar-refractivity contribution >= 4 is 34.8 Å². The molecular weight excluding hydrogens is 715 g/mol. The van der Waals surface area contributed by atoms with Gasteiger partial charge in [-0.2, -0.15) is 0 Å². The van der Waals surface area contributed by atoms with E-state index in [2.05, 4.69) is 128 Å². The number of aromatic nitrogens is 1. The number of anilines is 4. The van der Waals surface area contributed by atoms with E-state index in [0.29, 0.717) is 45.3 Å². The van der Waals surface area contributed by atoms with Crippen molar-refractivity contribution in [1.29, 1.82) is 0 Å². The monoisotopic (exact) mass is 771 g/mol.